The first-order valence-electron chi connectivity index (χ1n) is 4.98. The first kappa shape index (κ1) is 12.6. The van der Waals surface area contributed by atoms with Crippen LogP contribution in [0.4, 0.5) is 5.69 Å². The number of hydrogen-bond acceptors (Lipinski definition) is 3. The molecule has 0 aliphatic heterocycles. The lowest BCUT2D eigenvalue weighted by Gasteiger charge is -2.26. The van der Waals surface area contributed by atoms with Gasteiger partial charge >= 0.3 is 0 Å². The van der Waals surface area contributed by atoms with E-state index in [-0.39, 0.29) is 5.84 Å². The van der Waals surface area contributed by atoms with Crippen LogP contribution >= 0.6 is 11.6 Å². The van der Waals surface area contributed by atoms with E-state index in [1.165, 1.54) is 0 Å². The zero-order valence-electron chi connectivity index (χ0n) is 9.61. The molecule has 16 heavy (non-hydrogen) atoms. The predicted molar refractivity (Wildman–Crippen MR) is 67.5 cm³/mol. The lowest BCUT2D eigenvalue weighted by Crippen LogP contribution is -2.29. The third kappa shape index (κ3) is 2.39. The quantitative estimate of drug-likeness (QED) is 0.369. The van der Waals surface area contributed by atoms with Crippen LogP contribution in [0.25, 0.3) is 0 Å². The zero-order chi connectivity index (χ0) is 12.3. The largest absolute Gasteiger partial charge is 0.409 e. The van der Waals surface area contributed by atoms with Gasteiger partial charge in [0.15, 0.2) is 5.84 Å². The summed E-state index contributed by atoms with van der Waals surface area (Å²) in [7, 11) is 1.94. The Bertz CT molecular complexity index is 404. The van der Waals surface area contributed by atoms with Crippen LogP contribution < -0.4 is 10.6 Å². The number of nitrogens with two attached hydrogens (primary N) is 1. The molecule has 0 bridgehead atoms. The van der Waals surface area contributed by atoms with E-state index < -0.39 is 0 Å². The van der Waals surface area contributed by atoms with Gasteiger partial charge < -0.3 is 15.8 Å². The van der Waals surface area contributed by atoms with Gasteiger partial charge in [0, 0.05) is 18.8 Å². The molecule has 3 N–H and O–H groups in total. The third-order valence-corrected chi connectivity index (χ3v) is 2.83. The SMILES string of the molecule is CC(C)N(C)c1cccc(Cl)c1C(N)=NO. The maximum absolute atomic E-state index is 8.74. The number of anilines is 1. The Morgan fingerprint density at radius 2 is 2.12 bits per heavy atom. The minimum atomic E-state index is 0.0214. The molecular weight excluding hydrogens is 226 g/mol. The van der Waals surface area contributed by atoms with Crippen molar-refractivity contribution >= 4 is 23.1 Å². The molecule has 0 unspecified atom stereocenters. The number of nitrogens with zero attached hydrogens (tertiary/aromatic N) is 2. The molecule has 0 amide bonds. The summed E-state index contributed by atoms with van der Waals surface area (Å²) in [5, 5.41) is 12.2. The standard InChI is InChI=1S/C11H16ClN3O/c1-7(2)15(3)9-6-4-5-8(12)10(9)11(13)14-16/h4-7,16H,1-3H3,(H2,13,14). The number of hydrogen-bond donors (Lipinski definition) is 2. The summed E-state index contributed by atoms with van der Waals surface area (Å²) in [6, 6.07) is 5.74. The highest BCUT2D eigenvalue weighted by Gasteiger charge is 2.16. The Morgan fingerprint density at radius 1 is 1.50 bits per heavy atom. The molecule has 0 radical (unpaired) electrons. The summed E-state index contributed by atoms with van der Waals surface area (Å²) in [5.41, 5.74) is 7.03. The van der Waals surface area contributed by atoms with Gasteiger partial charge in [0.05, 0.1) is 10.6 Å². The summed E-state index contributed by atoms with van der Waals surface area (Å²) in [6.45, 7) is 4.11. The van der Waals surface area contributed by atoms with Crippen molar-refractivity contribution in [2.45, 2.75) is 19.9 Å². The highest BCUT2D eigenvalue weighted by Crippen LogP contribution is 2.27. The smallest absolute Gasteiger partial charge is 0.173 e. The number of rotatable bonds is 3. The first-order valence-corrected chi connectivity index (χ1v) is 5.36. The number of oxime groups is 1. The molecule has 1 aromatic rings. The fourth-order valence-electron chi connectivity index (χ4n) is 1.39. The molecule has 0 aliphatic rings. The molecule has 0 saturated carbocycles. The van der Waals surface area contributed by atoms with E-state index in [9.17, 15) is 0 Å². The Labute approximate surface area is 100 Å². The molecule has 0 aromatic heterocycles. The van der Waals surface area contributed by atoms with Gasteiger partial charge in [-0.2, -0.15) is 0 Å². The van der Waals surface area contributed by atoms with Crippen LogP contribution in [0.3, 0.4) is 0 Å². The molecular formula is C11H16ClN3O. The first-order chi connectivity index (χ1) is 7.49. The van der Waals surface area contributed by atoms with E-state index in [2.05, 4.69) is 19.0 Å². The minimum absolute atomic E-state index is 0.0214. The highest BCUT2D eigenvalue weighted by atomic mass is 35.5. The van der Waals surface area contributed by atoms with Crippen molar-refractivity contribution in [2.75, 3.05) is 11.9 Å². The van der Waals surface area contributed by atoms with Crippen molar-refractivity contribution in [3.63, 3.8) is 0 Å². The van der Waals surface area contributed by atoms with E-state index in [4.69, 9.17) is 22.5 Å². The van der Waals surface area contributed by atoms with Gasteiger partial charge in [-0.05, 0) is 26.0 Å². The molecule has 1 rings (SSSR count). The topological polar surface area (TPSA) is 61.8 Å². The lowest BCUT2D eigenvalue weighted by atomic mass is 10.1. The Morgan fingerprint density at radius 3 is 2.62 bits per heavy atom. The van der Waals surface area contributed by atoms with E-state index in [0.717, 1.165) is 5.69 Å². The molecule has 0 atom stereocenters. The third-order valence-electron chi connectivity index (χ3n) is 2.51. The second kappa shape index (κ2) is 5.07. The Kier molecular flexibility index (Phi) is 4.01. The van der Waals surface area contributed by atoms with Crippen LogP contribution in [0.1, 0.15) is 19.4 Å². The molecule has 0 spiro atoms. The fourth-order valence-corrected chi connectivity index (χ4v) is 1.65. The molecule has 4 nitrogen and oxygen atoms in total. The van der Waals surface area contributed by atoms with Crippen LogP contribution in [0, 0.1) is 0 Å². The molecule has 0 saturated heterocycles. The van der Waals surface area contributed by atoms with E-state index in [1.807, 2.05) is 24.1 Å². The van der Waals surface area contributed by atoms with Crippen molar-refractivity contribution in [3.05, 3.63) is 28.8 Å². The Hall–Kier alpha value is -1.42. The zero-order valence-corrected chi connectivity index (χ0v) is 10.4. The van der Waals surface area contributed by atoms with Crippen LogP contribution in [0.2, 0.25) is 5.02 Å². The van der Waals surface area contributed by atoms with Gasteiger partial charge in [-0.25, -0.2) is 0 Å². The number of halogens is 1. The molecule has 5 heteroatoms. The van der Waals surface area contributed by atoms with Crippen molar-refractivity contribution < 1.29 is 5.21 Å². The average molecular weight is 242 g/mol. The van der Waals surface area contributed by atoms with Crippen molar-refractivity contribution in [1.29, 1.82) is 0 Å². The van der Waals surface area contributed by atoms with E-state index in [1.54, 1.807) is 6.07 Å². The average Bonchev–Trinajstić information content (AvgIpc) is 2.26. The highest BCUT2D eigenvalue weighted by molar-refractivity contribution is 6.34. The molecule has 0 aliphatic carbocycles. The van der Waals surface area contributed by atoms with Crippen molar-refractivity contribution in [1.82, 2.24) is 0 Å². The second-order valence-corrected chi connectivity index (χ2v) is 4.23. The lowest BCUT2D eigenvalue weighted by molar-refractivity contribution is 0.318. The van der Waals surface area contributed by atoms with Crippen LogP contribution in [-0.4, -0.2) is 24.1 Å². The molecule has 0 heterocycles. The summed E-state index contributed by atoms with van der Waals surface area (Å²) in [4.78, 5) is 2.01. The van der Waals surface area contributed by atoms with Crippen LogP contribution in [0.5, 0.6) is 0 Å². The van der Waals surface area contributed by atoms with Gasteiger partial charge in [0.2, 0.25) is 0 Å². The van der Waals surface area contributed by atoms with Crippen LogP contribution in [0.15, 0.2) is 23.4 Å². The van der Waals surface area contributed by atoms with Gasteiger partial charge in [0.1, 0.15) is 0 Å². The Balaban J connectivity index is 3.34. The summed E-state index contributed by atoms with van der Waals surface area (Å²) in [5.74, 6) is 0.0214. The molecule has 88 valence electrons. The van der Waals surface area contributed by atoms with Crippen LogP contribution in [-0.2, 0) is 0 Å². The summed E-state index contributed by atoms with van der Waals surface area (Å²) in [6.07, 6.45) is 0. The van der Waals surface area contributed by atoms with Gasteiger partial charge in [-0.1, -0.05) is 22.8 Å². The monoisotopic (exact) mass is 241 g/mol. The number of amidine groups is 1. The number of benzene rings is 1. The normalized spacial score (nSPS) is 11.9. The minimum Gasteiger partial charge on any atom is -0.409 e. The van der Waals surface area contributed by atoms with Gasteiger partial charge in [0.25, 0.3) is 0 Å². The van der Waals surface area contributed by atoms with Crippen molar-refractivity contribution in [3.8, 4) is 0 Å². The van der Waals surface area contributed by atoms with E-state index in [0.29, 0.717) is 16.6 Å². The predicted octanol–water partition coefficient (Wildman–Crippen LogP) is 2.28. The van der Waals surface area contributed by atoms with Gasteiger partial charge in [-0.3, -0.25) is 0 Å². The van der Waals surface area contributed by atoms with E-state index >= 15 is 0 Å². The fraction of sp³-hybridized carbons (Fsp3) is 0.364. The molecule has 1 aromatic carbocycles. The maximum Gasteiger partial charge on any atom is 0.173 e. The summed E-state index contributed by atoms with van der Waals surface area (Å²) >= 11 is 6.05. The van der Waals surface area contributed by atoms with Gasteiger partial charge in [-0.15, -0.1) is 0 Å². The second-order valence-electron chi connectivity index (χ2n) is 3.82. The summed E-state index contributed by atoms with van der Waals surface area (Å²) < 4.78 is 0. The van der Waals surface area contributed by atoms with Crippen molar-refractivity contribution in [2.24, 2.45) is 10.9 Å². The molecule has 0 fully saturated rings. The maximum atomic E-state index is 8.74.